The van der Waals surface area contributed by atoms with Gasteiger partial charge in [0.1, 0.15) is 5.75 Å². The molecular weight excluding hydrogens is 434 g/mol. The molecule has 0 aliphatic heterocycles. The van der Waals surface area contributed by atoms with Gasteiger partial charge in [-0.1, -0.05) is 49.3 Å². The van der Waals surface area contributed by atoms with Crippen LogP contribution in [0.4, 0.5) is 0 Å². The molecule has 1 heterocycles. The summed E-state index contributed by atoms with van der Waals surface area (Å²) in [6.45, 7) is 6.81. The van der Waals surface area contributed by atoms with Crippen LogP contribution in [0.2, 0.25) is 5.02 Å². The molecule has 1 N–H and O–H groups in total. The van der Waals surface area contributed by atoms with Gasteiger partial charge in [-0.15, -0.1) is 0 Å². The Balaban J connectivity index is 1.79. The maximum atomic E-state index is 13.1. The summed E-state index contributed by atoms with van der Waals surface area (Å²) in [7, 11) is 1.62. The van der Waals surface area contributed by atoms with Gasteiger partial charge in [0, 0.05) is 18.1 Å². The van der Waals surface area contributed by atoms with E-state index in [1.165, 1.54) is 11.8 Å². The van der Waals surface area contributed by atoms with Crippen molar-refractivity contribution < 1.29 is 9.53 Å². The van der Waals surface area contributed by atoms with E-state index in [1.807, 2.05) is 45.0 Å². The summed E-state index contributed by atoms with van der Waals surface area (Å²) >= 11 is 7.36. The summed E-state index contributed by atoms with van der Waals surface area (Å²) in [6.07, 6.45) is 0. The molecule has 1 amide bonds. The topological polar surface area (TPSA) is 73.2 Å². The van der Waals surface area contributed by atoms with Gasteiger partial charge in [-0.05, 0) is 48.7 Å². The van der Waals surface area contributed by atoms with Crippen molar-refractivity contribution in [3.05, 3.63) is 63.4 Å². The van der Waals surface area contributed by atoms with Gasteiger partial charge < -0.3 is 10.1 Å². The molecule has 0 radical (unpaired) electrons. The number of rotatable bonds is 8. The normalized spacial score (nSPS) is 12.2. The minimum absolute atomic E-state index is 0.123. The Bertz CT molecular complexity index is 1130. The summed E-state index contributed by atoms with van der Waals surface area (Å²) in [6, 6.07) is 12.6. The first-order valence-corrected chi connectivity index (χ1v) is 11.3. The number of aromatic nitrogens is 2. The number of amides is 1. The number of carbonyl (C=O) groups excluding carboxylic acids is 1. The fraction of sp³-hybridized carbons (Fsp3) is 0.348. The molecule has 1 atom stereocenters. The highest BCUT2D eigenvalue weighted by Crippen LogP contribution is 2.24. The summed E-state index contributed by atoms with van der Waals surface area (Å²) < 4.78 is 6.79. The number of fused-ring (bicyclic) bond motifs is 1. The van der Waals surface area contributed by atoms with Crippen molar-refractivity contribution in [1.82, 2.24) is 14.9 Å². The third kappa shape index (κ3) is 5.80. The molecule has 0 saturated carbocycles. The fourth-order valence-corrected chi connectivity index (χ4v) is 4.19. The van der Waals surface area contributed by atoms with E-state index in [0.29, 0.717) is 34.2 Å². The Morgan fingerprint density at radius 3 is 2.55 bits per heavy atom. The third-order valence-corrected chi connectivity index (χ3v) is 6.03. The van der Waals surface area contributed by atoms with E-state index in [0.717, 1.165) is 11.3 Å². The quantitative estimate of drug-likeness (QED) is 0.396. The fourth-order valence-electron chi connectivity index (χ4n) is 3.08. The molecule has 0 bridgehead atoms. The molecule has 0 spiro atoms. The van der Waals surface area contributed by atoms with Crippen LogP contribution in [0.5, 0.6) is 5.75 Å². The van der Waals surface area contributed by atoms with Gasteiger partial charge in [0.05, 0.1) is 23.3 Å². The molecule has 6 nitrogen and oxygen atoms in total. The van der Waals surface area contributed by atoms with Crippen LogP contribution in [0.3, 0.4) is 0 Å². The second-order valence-corrected chi connectivity index (χ2v) is 9.44. The molecular formula is C23H26ClN3O3S. The zero-order valence-corrected chi connectivity index (χ0v) is 19.6. The van der Waals surface area contributed by atoms with Gasteiger partial charge in [-0.25, -0.2) is 4.98 Å². The average Bonchev–Trinajstić information content (AvgIpc) is 2.75. The summed E-state index contributed by atoms with van der Waals surface area (Å²) in [5.41, 5.74) is 1.40. The van der Waals surface area contributed by atoms with Crippen molar-refractivity contribution in [3.8, 4) is 5.75 Å². The molecule has 3 aromatic rings. The number of halogens is 1. The van der Waals surface area contributed by atoms with Crippen LogP contribution >= 0.6 is 23.4 Å². The predicted molar refractivity (Wildman–Crippen MR) is 126 cm³/mol. The zero-order valence-electron chi connectivity index (χ0n) is 18.0. The molecule has 0 aliphatic carbocycles. The SMILES string of the molecule is COc1ccc(CNC(=O)[C@@H](C)Sc2nc3ccc(Cl)cc3c(=O)n2CC(C)C)cc1. The Labute approximate surface area is 191 Å². The first-order valence-electron chi connectivity index (χ1n) is 10.1. The molecule has 31 heavy (non-hydrogen) atoms. The van der Waals surface area contributed by atoms with Crippen molar-refractivity contribution in [2.75, 3.05) is 7.11 Å². The Kier molecular flexibility index (Phi) is 7.62. The molecule has 164 valence electrons. The van der Waals surface area contributed by atoms with Crippen LogP contribution in [0, 0.1) is 5.92 Å². The standard InChI is InChI=1S/C23H26ClN3O3S/c1-14(2)13-27-22(29)19-11-17(24)7-10-20(19)26-23(27)31-15(3)21(28)25-12-16-5-8-18(30-4)9-6-16/h5-11,14-15H,12-13H2,1-4H3,(H,25,28)/t15-/m1/s1. The van der Waals surface area contributed by atoms with Crippen molar-refractivity contribution >= 4 is 40.2 Å². The largest absolute Gasteiger partial charge is 0.497 e. The van der Waals surface area contributed by atoms with E-state index >= 15 is 0 Å². The maximum absolute atomic E-state index is 13.1. The maximum Gasteiger partial charge on any atom is 0.262 e. The monoisotopic (exact) mass is 459 g/mol. The lowest BCUT2D eigenvalue weighted by atomic mass is 10.2. The number of hydrogen-bond acceptors (Lipinski definition) is 5. The van der Waals surface area contributed by atoms with Crippen LogP contribution in [-0.4, -0.2) is 27.8 Å². The summed E-state index contributed by atoms with van der Waals surface area (Å²) in [5, 5.41) is 4.02. The summed E-state index contributed by atoms with van der Waals surface area (Å²) in [4.78, 5) is 30.4. The Morgan fingerprint density at radius 2 is 1.90 bits per heavy atom. The van der Waals surface area contributed by atoms with E-state index in [2.05, 4.69) is 10.3 Å². The van der Waals surface area contributed by atoms with Crippen molar-refractivity contribution in [3.63, 3.8) is 0 Å². The number of carbonyl (C=O) groups is 1. The predicted octanol–water partition coefficient (Wildman–Crippen LogP) is 4.51. The van der Waals surface area contributed by atoms with Crippen LogP contribution in [-0.2, 0) is 17.9 Å². The lowest BCUT2D eigenvalue weighted by Gasteiger charge is -2.17. The van der Waals surface area contributed by atoms with E-state index in [1.54, 1.807) is 29.9 Å². The number of benzene rings is 2. The first kappa shape index (κ1) is 23.2. The molecule has 0 aliphatic rings. The van der Waals surface area contributed by atoms with Gasteiger partial charge in [0.2, 0.25) is 5.91 Å². The minimum atomic E-state index is -0.423. The van der Waals surface area contributed by atoms with Gasteiger partial charge in [0.15, 0.2) is 5.16 Å². The molecule has 3 rings (SSSR count). The van der Waals surface area contributed by atoms with Gasteiger partial charge in [-0.3, -0.25) is 14.2 Å². The van der Waals surface area contributed by atoms with E-state index in [-0.39, 0.29) is 17.4 Å². The van der Waals surface area contributed by atoms with Crippen LogP contribution < -0.4 is 15.6 Å². The van der Waals surface area contributed by atoms with E-state index < -0.39 is 5.25 Å². The highest BCUT2D eigenvalue weighted by molar-refractivity contribution is 8.00. The van der Waals surface area contributed by atoms with Gasteiger partial charge >= 0.3 is 0 Å². The third-order valence-electron chi connectivity index (χ3n) is 4.71. The smallest absolute Gasteiger partial charge is 0.262 e. The van der Waals surface area contributed by atoms with Crippen molar-refractivity contribution in [2.45, 2.75) is 44.3 Å². The number of hydrogen-bond donors (Lipinski definition) is 1. The van der Waals surface area contributed by atoms with E-state index in [4.69, 9.17) is 16.3 Å². The lowest BCUT2D eigenvalue weighted by molar-refractivity contribution is -0.120. The highest BCUT2D eigenvalue weighted by atomic mass is 35.5. The molecule has 0 saturated heterocycles. The molecule has 0 fully saturated rings. The molecule has 1 aromatic heterocycles. The number of nitrogens with one attached hydrogen (secondary N) is 1. The lowest BCUT2D eigenvalue weighted by Crippen LogP contribution is -2.32. The number of thioether (sulfide) groups is 1. The van der Waals surface area contributed by atoms with Crippen molar-refractivity contribution in [2.24, 2.45) is 5.92 Å². The van der Waals surface area contributed by atoms with E-state index in [9.17, 15) is 9.59 Å². The average molecular weight is 460 g/mol. The van der Waals surface area contributed by atoms with Crippen molar-refractivity contribution in [1.29, 1.82) is 0 Å². The summed E-state index contributed by atoms with van der Waals surface area (Å²) in [5.74, 6) is 0.892. The van der Waals surface area contributed by atoms with Gasteiger partial charge in [-0.2, -0.15) is 0 Å². The van der Waals surface area contributed by atoms with Crippen LogP contribution in [0.15, 0.2) is 52.4 Å². The Morgan fingerprint density at radius 1 is 1.19 bits per heavy atom. The zero-order chi connectivity index (χ0) is 22.5. The number of nitrogens with zero attached hydrogens (tertiary/aromatic N) is 2. The van der Waals surface area contributed by atoms with Crippen LogP contribution in [0.25, 0.3) is 10.9 Å². The second-order valence-electron chi connectivity index (χ2n) is 7.69. The minimum Gasteiger partial charge on any atom is -0.497 e. The van der Waals surface area contributed by atoms with Gasteiger partial charge in [0.25, 0.3) is 5.56 Å². The highest BCUT2D eigenvalue weighted by Gasteiger charge is 2.20. The molecule has 2 aromatic carbocycles. The molecule has 8 heteroatoms. The number of ether oxygens (including phenoxy) is 1. The van der Waals surface area contributed by atoms with Crippen LogP contribution in [0.1, 0.15) is 26.3 Å². The number of methoxy groups -OCH3 is 1. The molecule has 0 unspecified atom stereocenters. The Hall–Kier alpha value is -2.51. The second kappa shape index (κ2) is 10.2. The first-order chi connectivity index (χ1) is 14.8.